The number of hydrogen-bond acceptors (Lipinski definition) is 4. The lowest BCUT2D eigenvalue weighted by molar-refractivity contribution is -0.155. The minimum atomic E-state index is -1.60. The molecule has 1 aromatic carbocycles. The van der Waals surface area contributed by atoms with E-state index < -0.39 is 17.4 Å². The summed E-state index contributed by atoms with van der Waals surface area (Å²) >= 11 is 0. The first kappa shape index (κ1) is 16.1. The van der Waals surface area contributed by atoms with E-state index in [0.29, 0.717) is 17.2 Å². The summed E-state index contributed by atoms with van der Waals surface area (Å²) in [6.45, 7) is 3.72. The second-order valence-electron chi connectivity index (χ2n) is 6.21. The van der Waals surface area contributed by atoms with E-state index in [1.807, 2.05) is 19.1 Å². The summed E-state index contributed by atoms with van der Waals surface area (Å²) in [5, 5.41) is 0. The molecule has 1 aliphatic rings. The fourth-order valence-electron chi connectivity index (χ4n) is 2.88. The molecule has 1 aromatic heterocycles. The monoisotopic (exact) mass is 328 g/mol. The van der Waals surface area contributed by atoms with Gasteiger partial charge in [0.2, 0.25) is 0 Å². The summed E-state index contributed by atoms with van der Waals surface area (Å²) in [5.41, 5.74) is 0.0825. The first-order chi connectivity index (χ1) is 11.3. The van der Waals surface area contributed by atoms with E-state index in [-0.39, 0.29) is 6.54 Å². The van der Waals surface area contributed by atoms with Crippen molar-refractivity contribution in [3.63, 3.8) is 0 Å². The number of nitrogens with zero attached hydrogens (tertiary/aromatic N) is 2. The second-order valence-corrected chi connectivity index (χ2v) is 6.21. The Morgan fingerprint density at radius 3 is 2.75 bits per heavy atom. The maximum atomic E-state index is 12.9. The summed E-state index contributed by atoms with van der Waals surface area (Å²) in [7, 11) is 3.28. The van der Waals surface area contributed by atoms with Crippen LogP contribution in [0.5, 0.6) is 5.75 Å². The lowest BCUT2D eigenvalue weighted by atomic mass is 9.99. The molecular weight excluding hydrogens is 308 g/mol. The molecule has 1 atom stereocenters. The highest BCUT2D eigenvalue weighted by atomic mass is 16.5. The number of amides is 2. The lowest BCUT2D eigenvalue weighted by Crippen LogP contribution is -2.61. The number of carbonyl (C=O) groups excluding carboxylic acids is 2. The van der Waals surface area contributed by atoms with Crippen molar-refractivity contribution in [2.24, 2.45) is 0 Å². The van der Waals surface area contributed by atoms with Crippen molar-refractivity contribution in [1.29, 1.82) is 0 Å². The molecule has 0 aliphatic carbocycles. The molecule has 24 heavy (non-hydrogen) atoms. The van der Waals surface area contributed by atoms with Crippen LogP contribution < -0.4 is 9.64 Å². The van der Waals surface area contributed by atoms with Gasteiger partial charge in [0.15, 0.2) is 0 Å². The standard InChI is InChI=1S/C18H20N2O4/c1-12-7-8-15-14(10-12)20(4)17(22)18(2,24-15)16(21)19(3)11-13-6-5-9-23-13/h5-10H,11H2,1-4H3. The Bertz CT molecular complexity index is 784. The number of anilines is 1. The van der Waals surface area contributed by atoms with Crippen LogP contribution in [-0.2, 0) is 16.1 Å². The van der Waals surface area contributed by atoms with E-state index in [4.69, 9.17) is 9.15 Å². The summed E-state index contributed by atoms with van der Waals surface area (Å²) in [4.78, 5) is 28.6. The SMILES string of the molecule is Cc1ccc2c(c1)N(C)C(=O)C(C)(C(=O)N(C)Cc1ccco1)O2. The van der Waals surface area contributed by atoms with Gasteiger partial charge in [0.25, 0.3) is 17.4 Å². The van der Waals surface area contributed by atoms with Gasteiger partial charge in [-0.3, -0.25) is 9.59 Å². The van der Waals surface area contributed by atoms with Gasteiger partial charge in [-0.25, -0.2) is 0 Å². The van der Waals surface area contributed by atoms with E-state index in [0.717, 1.165) is 5.56 Å². The van der Waals surface area contributed by atoms with Crippen LogP contribution in [-0.4, -0.2) is 36.4 Å². The van der Waals surface area contributed by atoms with Crippen molar-refractivity contribution in [1.82, 2.24) is 4.90 Å². The zero-order valence-electron chi connectivity index (χ0n) is 14.2. The molecular formula is C18H20N2O4. The molecule has 0 N–H and O–H groups in total. The number of ether oxygens (including phenoxy) is 1. The minimum Gasteiger partial charge on any atom is -0.467 e. The Labute approximate surface area is 140 Å². The van der Waals surface area contributed by atoms with Crippen LogP contribution in [0.15, 0.2) is 41.0 Å². The molecule has 0 saturated carbocycles. The molecule has 0 bridgehead atoms. The molecule has 6 heteroatoms. The fourth-order valence-corrected chi connectivity index (χ4v) is 2.88. The van der Waals surface area contributed by atoms with Gasteiger partial charge < -0.3 is 19.0 Å². The Morgan fingerprint density at radius 1 is 1.33 bits per heavy atom. The third kappa shape index (κ3) is 2.54. The summed E-state index contributed by atoms with van der Waals surface area (Å²) in [6, 6.07) is 9.07. The normalized spacial score (nSPS) is 19.7. The molecule has 2 heterocycles. The predicted octanol–water partition coefficient (Wildman–Crippen LogP) is 2.36. The van der Waals surface area contributed by atoms with Gasteiger partial charge in [-0.1, -0.05) is 6.07 Å². The number of rotatable bonds is 3. The largest absolute Gasteiger partial charge is 0.467 e. The third-order valence-corrected chi connectivity index (χ3v) is 4.23. The van der Waals surface area contributed by atoms with E-state index in [9.17, 15) is 9.59 Å². The number of aryl methyl sites for hydroxylation is 1. The van der Waals surface area contributed by atoms with Crippen molar-refractivity contribution < 1.29 is 18.7 Å². The number of fused-ring (bicyclic) bond motifs is 1. The number of carbonyl (C=O) groups is 2. The predicted molar refractivity (Wildman–Crippen MR) is 88.8 cm³/mol. The van der Waals surface area contributed by atoms with Gasteiger partial charge in [0, 0.05) is 14.1 Å². The molecule has 0 saturated heterocycles. The molecule has 1 aliphatic heterocycles. The highest BCUT2D eigenvalue weighted by Gasteiger charge is 2.51. The maximum Gasteiger partial charge on any atom is 0.280 e. The average Bonchev–Trinajstić information content (AvgIpc) is 3.06. The molecule has 126 valence electrons. The van der Waals surface area contributed by atoms with Crippen LogP contribution in [0.3, 0.4) is 0 Å². The molecule has 0 radical (unpaired) electrons. The molecule has 1 unspecified atom stereocenters. The average molecular weight is 328 g/mol. The molecule has 6 nitrogen and oxygen atoms in total. The Balaban J connectivity index is 1.90. The first-order valence-corrected chi connectivity index (χ1v) is 7.68. The third-order valence-electron chi connectivity index (χ3n) is 4.23. The van der Waals surface area contributed by atoms with E-state index in [1.54, 1.807) is 38.6 Å². The molecule has 2 amide bonds. The lowest BCUT2D eigenvalue weighted by Gasteiger charge is -2.39. The zero-order chi connectivity index (χ0) is 17.5. The van der Waals surface area contributed by atoms with Crippen molar-refractivity contribution in [3.05, 3.63) is 47.9 Å². The van der Waals surface area contributed by atoms with Crippen molar-refractivity contribution >= 4 is 17.5 Å². The summed E-state index contributed by atoms with van der Waals surface area (Å²) in [6.07, 6.45) is 1.55. The van der Waals surface area contributed by atoms with Crippen LogP contribution >= 0.6 is 0 Å². The zero-order valence-corrected chi connectivity index (χ0v) is 14.2. The molecule has 3 rings (SSSR count). The van der Waals surface area contributed by atoms with Gasteiger partial charge in [-0.2, -0.15) is 0 Å². The van der Waals surface area contributed by atoms with Crippen LogP contribution in [0.2, 0.25) is 0 Å². The van der Waals surface area contributed by atoms with Crippen LogP contribution in [0.4, 0.5) is 5.69 Å². The molecule has 0 fully saturated rings. The second kappa shape index (κ2) is 5.70. The van der Waals surface area contributed by atoms with E-state index >= 15 is 0 Å². The van der Waals surface area contributed by atoms with Crippen LogP contribution in [0, 0.1) is 6.92 Å². The van der Waals surface area contributed by atoms with Crippen molar-refractivity contribution in [2.45, 2.75) is 26.0 Å². The summed E-state index contributed by atoms with van der Waals surface area (Å²) < 4.78 is 11.1. The van der Waals surface area contributed by atoms with Gasteiger partial charge in [0.05, 0.1) is 18.5 Å². The Hall–Kier alpha value is -2.76. The topological polar surface area (TPSA) is 63.0 Å². The van der Waals surface area contributed by atoms with Crippen molar-refractivity contribution in [2.75, 3.05) is 19.0 Å². The van der Waals surface area contributed by atoms with Gasteiger partial charge >= 0.3 is 0 Å². The van der Waals surface area contributed by atoms with Crippen LogP contribution in [0.1, 0.15) is 18.2 Å². The number of likely N-dealkylation sites (N-methyl/N-ethyl adjacent to an activating group) is 2. The van der Waals surface area contributed by atoms with E-state index in [2.05, 4.69) is 0 Å². The van der Waals surface area contributed by atoms with Crippen molar-refractivity contribution in [3.8, 4) is 5.75 Å². The van der Waals surface area contributed by atoms with E-state index in [1.165, 1.54) is 16.7 Å². The summed E-state index contributed by atoms with van der Waals surface area (Å²) in [5.74, 6) is 0.353. The highest BCUT2D eigenvalue weighted by Crippen LogP contribution is 2.38. The first-order valence-electron chi connectivity index (χ1n) is 7.68. The Morgan fingerprint density at radius 2 is 2.08 bits per heavy atom. The number of hydrogen-bond donors (Lipinski definition) is 0. The fraction of sp³-hybridized carbons (Fsp3) is 0.333. The molecule has 2 aromatic rings. The van der Waals surface area contributed by atoms with Gasteiger partial charge in [-0.05, 0) is 43.7 Å². The van der Waals surface area contributed by atoms with Gasteiger partial charge in [0.1, 0.15) is 11.5 Å². The number of benzene rings is 1. The smallest absolute Gasteiger partial charge is 0.280 e. The molecule has 0 spiro atoms. The van der Waals surface area contributed by atoms with Gasteiger partial charge in [-0.15, -0.1) is 0 Å². The quantitative estimate of drug-likeness (QED) is 0.812. The minimum absolute atomic E-state index is 0.266. The van der Waals surface area contributed by atoms with Crippen LogP contribution in [0.25, 0.3) is 0 Å². The highest BCUT2D eigenvalue weighted by molar-refractivity contribution is 6.16. The number of furan rings is 1. The Kier molecular flexibility index (Phi) is 3.83. The maximum absolute atomic E-state index is 12.9.